The molecule has 25 heavy (non-hydrogen) atoms. The van der Waals surface area contributed by atoms with Crippen molar-refractivity contribution in [2.24, 2.45) is 0 Å². The second kappa shape index (κ2) is 6.94. The average Bonchev–Trinajstić information content (AvgIpc) is 2.62. The minimum Gasteiger partial charge on any atom is -0.508 e. The lowest BCUT2D eigenvalue weighted by Gasteiger charge is -2.37. The molecule has 130 valence electrons. The Kier molecular flexibility index (Phi) is 4.72. The largest absolute Gasteiger partial charge is 0.508 e. The van der Waals surface area contributed by atoms with Gasteiger partial charge in [0.25, 0.3) is 5.91 Å². The van der Waals surface area contributed by atoms with Crippen molar-refractivity contribution in [3.05, 3.63) is 54.1 Å². The normalized spacial score (nSPS) is 18.1. The van der Waals surface area contributed by atoms with Crippen molar-refractivity contribution in [2.75, 3.05) is 26.7 Å². The first-order chi connectivity index (χ1) is 12.0. The molecular formula is C19H20N2O4. The van der Waals surface area contributed by atoms with Gasteiger partial charge < -0.3 is 15.1 Å². The molecule has 2 aromatic rings. The second-order valence-corrected chi connectivity index (χ2v) is 6.21. The van der Waals surface area contributed by atoms with Crippen LogP contribution in [0.15, 0.2) is 48.5 Å². The van der Waals surface area contributed by atoms with Gasteiger partial charge >= 0.3 is 5.97 Å². The molecule has 1 fully saturated rings. The number of aromatic hydroxyl groups is 1. The molecular weight excluding hydrogens is 320 g/mol. The van der Waals surface area contributed by atoms with Gasteiger partial charge in [-0.25, -0.2) is 0 Å². The highest BCUT2D eigenvalue weighted by Gasteiger charge is 2.32. The second-order valence-electron chi connectivity index (χ2n) is 6.21. The minimum absolute atomic E-state index is 0.156. The van der Waals surface area contributed by atoms with Gasteiger partial charge in [-0.3, -0.25) is 14.5 Å². The first kappa shape index (κ1) is 17.0. The maximum atomic E-state index is 12.6. The lowest BCUT2D eigenvalue weighted by molar-refractivity contribution is -0.144. The zero-order valence-electron chi connectivity index (χ0n) is 13.9. The predicted octanol–water partition coefficient (Wildman–Crippen LogP) is 1.90. The van der Waals surface area contributed by atoms with E-state index in [0.717, 1.165) is 11.1 Å². The Morgan fingerprint density at radius 1 is 0.960 bits per heavy atom. The van der Waals surface area contributed by atoms with Crippen molar-refractivity contribution in [3.63, 3.8) is 0 Å². The predicted molar refractivity (Wildman–Crippen MR) is 93.5 cm³/mol. The van der Waals surface area contributed by atoms with Gasteiger partial charge in [0.05, 0.1) is 0 Å². The van der Waals surface area contributed by atoms with Gasteiger partial charge in [0.2, 0.25) is 0 Å². The van der Waals surface area contributed by atoms with Gasteiger partial charge in [0.1, 0.15) is 11.8 Å². The number of carboxylic acid groups (broad SMARTS) is 1. The number of benzene rings is 2. The molecule has 0 saturated carbocycles. The van der Waals surface area contributed by atoms with Gasteiger partial charge in [-0.15, -0.1) is 0 Å². The summed E-state index contributed by atoms with van der Waals surface area (Å²) in [5.41, 5.74) is 2.43. The number of hydrogen-bond acceptors (Lipinski definition) is 4. The van der Waals surface area contributed by atoms with Crippen LogP contribution < -0.4 is 0 Å². The molecule has 6 heteroatoms. The van der Waals surface area contributed by atoms with E-state index in [1.54, 1.807) is 41.1 Å². The Labute approximate surface area is 145 Å². The molecule has 1 saturated heterocycles. The van der Waals surface area contributed by atoms with Gasteiger partial charge in [-0.2, -0.15) is 0 Å². The molecule has 0 aliphatic carbocycles. The maximum absolute atomic E-state index is 12.6. The number of carboxylic acids is 1. The number of nitrogens with zero attached hydrogens (tertiary/aromatic N) is 2. The zero-order chi connectivity index (χ0) is 18.0. The van der Waals surface area contributed by atoms with Gasteiger partial charge in [0, 0.05) is 25.2 Å². The lowest BCUT2D eigenvalue weighted by atomic mass is 10.0. The van der Waals surface area contributed by atoms with Crippen LogP contribution in [0.2, 0.25) is 0 Å². The average molecular weight is 340 g/mol. The maximum Gasteiger partial charge on any atom is 0.322 e. The third kappa shape index (κ3) is 3.64. The molecule has 0 bridgehead atoms. The Hall–Kier alpha value is -2.86. The minimum atomic E-state index is -0.914. The zero-order valence-corrected chi connectivity index (χ0v) is 13.9. The number of phenolic OH excluding ortho intramolecular Hbond substituents is 1. The fourth-order valence-corrected chi connectivity index (χ4v) is 2.97. The van der Waals surface area contributed by atoms with Crippen molar-refractivity contribution in [2.45, 2.75) is 6.04 Å². The van der Waals surface area contributed by atoms with Crippen LogP contribution in [-0.2, 0) is 4.79 Å². The van der Waals surface area contributed by atoms with Crippen LogP contribution in [0.4, 0.5) is 0 Å². The Balaban J connectivity index is 1.74. The summed E-state index contributed by atoms with van der Waals surface area (Å²) in [6, 6.07) is 13.4. The summed E-state index contributed by atoms with van der Waals surface area (Å²) in [4.78, 5) is 27.3. The fraction of sp³-hybridized carbons (Fsp3) is 0.263. The molecule has 1 amide bonds. The number of rotatable bonds is 3. The van der Waals surface area contributed by atoms with Crippen LogP contribution >= 0.6 is 0 Å². The summed E-state index contributed by atoms with van der Waals surface area (Å²) in [5.74, 6) is -0.863. The number of hydrogen-bond donors (Lipinski definition) is 2. The van der Waals surface area contributed by atoms with Crippen LogP contribution in [0.5, 0.6) is 5.75 Å². The molecule has 6 nitrogen and oxygen atoms in total. The van der Waals surface area contributed by atoms with E-state index in [1.807, 2.05) is 24.3 Å². The molecule has 2 N–H and O–H groups in total. The lowest BCUT2D eigenvalue weighted by Crippen LogP contribution is -2.56. The van der Waals surface area contributed by atoms with E-state index in [-0.39, 0.29) is 18.2 Å². The number of carbonyl (C=O) groups is 2. The van der Waals surface area contributed by atoms with E-state index < -0.39 is 12.0 Å². The SMILES string of the molecule is CN1CCN(C(=O)c2ccc(-c3ccc(O)cc3)cc2)CC1C(=O)O. The van der Waals surface area contributed by atoms with E-state index in [1.165, 1.54) is 0 Å². The van der Waals surface area contributed by atoms with E-state index in [4.69, 9.17) is 0 Å². The number of likely N-dealkylation sites (N-methyl/N-ethyl adjacent to an activating group) is 1. The molecule has 0 radical (unpaired) electrons. The molecule has 1 unspecified atom stereocenters. The first-order valence-electron chi connectivity index (χ1n) is 8.07. The summed E-state index contributed by atoms with van der Waals surface area (Å²) >= 11 is 0. The highest BCUT2D eigenvalue weighted by Crippen LogP contribution is 2.23. The molecule has 1 atom stereocenters. The molecule has 3 rings (SSSR count). The highest BCUT2D eigenvalue weighted by atomic mass is 16.4. The topological polar surface area (TPSA) is 81.1 Å². The third-order valence-corrected chi connectivity index (χ3v) is 4.55. The highest BCUT2D eigenvalue weighted by molar-refractivity contribution is 5.95. The van der Waals surface area contributed by atoms with E-state index in [2.05, 4.69) is 0 Å². The van der Waals surface area contributed by atoms with E-state index in [0.29, 0.717) is 18.7 Å². The van der Waals surface area contributed by atoms with Crippen molar-refractivity contribution < 1.29 is 19.8 Å². The summed E-state index contributed by atoms with van der Waals surface area (Å²) in [6.45, 7) is 1.23. The number of carbonyl (C=O) groups excluding carboxylic acids is 1. The fourth-order valence-electron chi connectivity index (χ4n) is 2.97. The summed E-state index contributed by atoms with van der Waals surface area (Å²) in [7, 11) is 1.76. The van der Waals surface area contributed by atoms with Gasteiger partial charge in [0.15, 0.2) is 0 Å². The number of phenols is 1. The van der Waals surface area contributed by atoms with Crippen LogP contribution in [0.3, 0.4) is 0 Å². The van der Waals surface area contributed by atoms with Crippen LogP contribution in [0, 0.1) is 0 Å². The van der Waals surface area contributed by atoms with E-state index >= 15 is 0 Å². The number of piperazine rings is 1. The molecule has 2 aromatic carbocycles. The monoisotopic (exact) mass is 340 g/mol. The molecule has 1 aliphatic heterocycles. The van der Waals surface area contributed by atoms with Gasteiger partial charge in [-0.1, -0.05) is 24.3 Å². The summed E-state index contributed by atoms with van der Waals surface area (Å²) in [6.07, 6.45) is 0. The van der Waals surface area contributed by atoms with Crippen LogP contribution in [-0.4, -0.2) is 64.6 Å². The van der Waals surface area contributed by atoms with Crippen molar-refractivity contribution >= 4 is 11.9 Å². The third-order valence-electron chi connectivity index (χ3n) is 4.55. The van der Waals surface area contributed by atoms with Crippen molar-refractivity contribution in [3.8, 4) is 16.9 Å². The molecule has 1 aliphatic rings. The number of aliphatic carboxylic acids is 1. The first-order valence-corrected chi connectivity index (χ1v) is 8.07. The Morgan fingerprint density at radius 2 is 1.52 bits per heavy atom. The molecule has 0 aromatic heterocycles. The van der Waals surface area contributed by atoms with Crippen LogP contribution in [0.1, 0.15) is 10.4 Å². The molecule has 0 spiro atoms. The molecule has 1 heterocycles. The van der Waals surface area contributed by atoms with Crippen molar-refractivity contribution in [1.29, 1.82) is 0 Å². The van der Waals surface area contributed by atoms with Crippen LogP contribution in [0.25, 0.3) is 11.1 Å². The Bertz CT molecular complexity index is 771. The number of amides is 1. The summed E-state index contributed by atoms with van der Waals surface area (Å²) < 4.78 is 0. The van der Waals surface area contributed by atoms with E-state index in [9.17, 15) is 19.8 Å². The standard InChI is InChI=1S/C19H20N2O4/c1-20-10-11-21(12-17(20)19(24)25)18(23)15-4-2-13(3-5-15)14-6-8-16(22)9-7-14/h2-9,17,22H,10-12H2,1H3,(H,24,25). The quantitative estimate of drug-likeness (QED) is 0.892. The smallest absolute Gasteiger partial charge is 0.322 e. The Morgan fingerprint density at radius 3 is 2.08 bits per heavy atom. The van der Waals surface area contributed by atoms with Crippen molar-refractivity contribution in [1.82, 2.24) is 9.80 Å². The van der Waals surface area contributed by atoms with Gasteiger partial charge in [-0.05, 0) is 42.4 Å². The summed E-state index contributed by atoms with van der Waals surface area (Å²) in [5, 5.41) is 18.6.